The highest BCUT2D eigenvalue weighted by Gasteiger charge is 2.11. The first-order chi connectivity index (χ1) is 8.17. The molecule has 1 aromatic rings. The summed E-state index contributed by atoms with van der Waals surface area (Å²) in [4.78, 5) is 22.4. The number of hydrogen-bond acceptors (Lipinski definition) is 3. The lowest BCUT2D eigenvalue weighted by atomic mass is 10.2. The minimum absolute atomic E-state index is 0.299. The zero-order valence-corrected chi connectivity index (χ0v) is 9.95. The maximum atomic E-state index is 11.3. The molecule has 0 heterocycles. The Bertz CT molecular complexity index is 404. The Morgan fingerprint density at radius 2 is 1.94 bits per heavy atom. The Labute approximate surface area is 100 Å². The molecule has 0 bridgehead atoms. The summed E-state index contributed by atoms with van der Waals surface area (Å²) in [6.07, 6.45) is 0. The van der Waals surface area contributed by atoms with Crippen molar-refractivity contribution >= 4 is 11.8 Å². The molecule has 17 heavy (non-hydrogen) atoms. The summed E-state index contributed by atoms with van der Waals surface area (Å²) in [5, 5.41) is 4.96. The number of carbonyl (C=O) groups excluding carboxylic acids is 2. The summed E-state index contributed by atoms with van der Waals surface area (Å²) in [6.45, 7) is 2.49. The average Bonchev–Trinajstić information content (AvgIpc) is 2.36. The van der Waals surface area contributed by atoms with Crippen LogP contribution in [-0.4, -0.2) is 25.5 Å². The molecule has 0 atom stereocenters. The molecule has 0 saturated heterocycles. The fraction of sp³-hybridized carbons (Fsp3) is 0.333. The smallest absolute Gasteiger partial charge is 0.309 e. The van der Waals surface area contributed by atoms with Crippen LogP contribution in [0.3, 0.4) is 0 Å². The van der Waals surface area contributed by atoms with Gasteiger partial charge in [0.25, 0.3) is 0 Å². The van der Waals surface area contributed by atoms with Crippen LogP contribution in [0.1, 0.15) is 12.5 Å². The van der Waals surface area contributed by atoms with Crippen molar-refractivity contribution in [1.82, 2.24) is 10.6 Å². The summed E-state index contributed by atoms with van der Waals surface area (Å²) < 4.78 is 5.06. The second-order valence-corrected chi connectivity index (χ2v) is 3.39. The van der Waals surface area contributed by atoms with Crippen molar-refractivity contribution in [2.45, 2.75) is 13.5 Å². The van der Waals surface area contributed by atoms with Crippen molar-refractivity contribution in [3.63, 3.8) is 0 Å². The zero-order chi connectivity index (χ0) is 12.7. The third kappa shape index (κ3) is 4.14. The number of benzene rings is 1. The lowest BCUT2D eigenvalue weighted by Gasteiger charge is -2.06. The van der Waals surface area contributed by atoms with Gasteiger partial charge >= 0.3 is 11.8 Å². The number of likely N-dealkylation sites (N-methyl/N-ethyl adjacent to an activating group) is 1. The molecule has 0 saturated carbocycles. The van der Waals surface area contributed by atoms with Gasteiger partial charge in [-0.2, -0.15) is 0 Å². The van der Waals surface area contributed by atoms with Gasteiger partial charge < -0.3 is 15.4 Å². The van der Waals surface area contributed by atoms with Crippen molar-refractivity contribution in [3.8, 4) is 5.75 Å². The third-order valence-corrected chi connectivity index (χ3v) is 2.13. The van der Waals surface area contributed by atoms with E-state index in [9.17, 15) is 9.59 Å². The summed E-state index contributed by atoms with van der Waals surface area (Å²) in [7, 11) is 1.58. The van der Waals surface area contributed by atoms with Crippen LogP contribution < -0.4 is 15.4 Å². The maximum absolute atomic E-state index is 11.3. The van der Waals surface area contributed by atoms with Crippen molar-refractivity contribution in [3.05, 3.63) is 29.8 Å². The van der Waals surface area contributed by atoms with Gasteiger partial charge in [-0.25, -0.2) is 0 Å². The Hall–Kier alpha value is -2.04. The van der Waals surface area contributed by atoms with Crippen LogP contribution in [0, 0.1) is 0 Å². The van der Waals surface area contributed by atoms with Crippen LogP contribution >= 0.6 is 0 Å². The van der Waals surface area contributed by atoms with Gasteiger partial charge in [0.15, 0.2) is 0 Å². The van der Waals surface area contributed by atoms with E-state index in [-0.39, 0.29) is 0 Å². The van der Waals surface area contributed by atoms with Gasteiger partial charge in [-0.05, 0) is 24.6 Å². The van der Waals surface area contributed by atoms with E-state index >= 15 is 0 Å². The Balaban J connectivity index is 2.49. The van der Waals surface area contributed by atoms with Crippen molar-refractivity contribution in [2.24, 2.45) is 0 Å². The molecule has 1 aromatic carbocycles. The lowest BCUT2D eigenvalue weighted by molar-refractivity contribution is -0.139. The number of hydrogen-bond donors (Lipinski definition) is 2. The summed E-state index contributed by atoms with van der Waals surface area (Å²) in [5.74, 6) is -0.528. The van der Waals surface area contributed by atoms with Crippen molar-refractivity contribution in [2.75, 3.05) is 13.7 Å². The van der Waals surface area contributed by atoms with Gasteiger partial charge in [0.1, 0.15) is 5.75 Å². The quantitative estimate of drug-likeness (QED) is 0.746. The molecule has 0 spiro atoms. The van der Waals surface area contributed by atoms with E-state index in [1.54, 1.807) is 20.1 Å². The largest absolute Gasteiger partial charge is 0.497 e. The van der Waals surface area contributed by atoms with Gasteiger partial charge in [-0.1, -0.05) is 12.1 Å². The topological polar surface area (TPSA) is 67.4 Å². The molecule has 0 aliphatic carbocycles. The number of ether oxygens (including phenoxy) is 1. The fourth-order valence-corrected chi connectivity index (χ4v) is 1.29. The van der Waals surface area contributed by atoms with Crippen LogP contribution in [0.25, 0.3) is 0 Å². The fourth-order valence-electron chi connectivity index (χ4n) is 1.29. The predicted octanol–water partition coefficient (Wildman–Crippen LogP) is 0.447. The highest BCUT2D eigenvalue weighted by Crippen LogP contribution is 2.11. The van der Waals surface area contributed by atoms with Crippen LogP contribution in [0.4, 0.5) is 0 Å². The number of carbonyl (C=O) groups is 2. The molecule has 2 N–H and O–H groups in total. The molecular formula is C12H16N2O3. The average molecular weight is 236 g/mol. The molecule has 0 aromatic heterocycles. The van der Waals surface area contributed by atoms with Gasteiger partial charge in [0.05, 0.1) is 7.11 Å². The lowest BCUT2D eigenvalue weighted by Crippen LogP contribution is -2.39. The molecule has 1 rings (SSSR count). The van der Waals surface area contributed by atoms with Gasteiger partial charge in [0.2, 0.25) is 0 Å². The Morgan fingerprint density at radius 3 is 2.59 bits per heavy atom. The van der Waals surface area contributed by atoms with Crippen LogP contribution in [0.15, 0.2) is 24.3 Å². The Morgan fingerprint density at radius 1 is 1.24 bits per heavy atom. The molecule has 0 unspecified atom stereocenters. The molecule has 0 aliphatic rings. The monoisotopic (exact) mass is 236 g/mol. The van der Waals surface area contributed by atoms with Crippen LogP contribution in [0.5, 0.6) is 5.75 Å². The molecular weight excluding hydrogens is 220 g/mol. The number of nitrogens with one attached hydrogen (secondary N) is 2. The highest BCUT2D eigenvalue weighted by molar-refractivity contribution is 6.35. The summed E-state index contributed by atoms with van der Waals surface area (Å²) in [5.41, 5.74) is 0.877. The molecule has 0 aliphatic heterocycles. The highest BCUT2D eigenvalue weighted by atomic mass is 16.5. The van der Waals surface area contributed by atoms with E-state index in [2.05, 4.69) is 10.6 Å². The first-order valence-corrected chi connectivity index (χ1v) is 5.36. The SMILES string of the molecule is CCNC(=O)C(=O)NCc1cccc(OC)c1. The number of amides is 2. The predicted molar refractivity (Wildman–Crippen MR) is 63.5 cm³/mol. The summed E-state index contributed by atoms with van der Waals surface area (Å²) >= 11 is 0. The summed E-state index contributed by atoms with van der Waals surface area (Å²) in [6, 6.07) is 7.29. The molecule has 0 fully saturated rings. The molecule has 5 heteroatoms. The minimum Gasteiger partial charge on any atom is -0.497 e. The molecule has 92 valence electrons. The third-order valence-electron chi connectivity index (χ3n) is 2.13. The first-order valence-electron chi connectivity index (χ1n) is 5.36. The van der Waals surface area contributed by atoms with Crippen LogP contribution in [0.2, 0.25) is 0 Å². The van der Waals surface area contributed by atoms with E-state index in [0.717, 1.165) is 11.3 Å². The second-order valence-electron chi connectivity index (χ2n) is 3.39. The maximum Gasteiger partial charge on any atom is 0.309 e. The standard InChI is InChI=1S/C12H16N2O3/c1-3-13-11(15)12(16)14-8-9-5-4-6-10(7-9)17-2/h4-7H,3,8H2,1-2H3,(H,13,15)(H,14,16). The molecule has 5 nitrogen and oxygen atoms in total. The molecule has 2 amide bonds. The Kier molecular flexibility index (Phi) is 5.00. The molecule has 0 radical (unpaired) electrons. The number of methoxy groups -OCH3 is 1. The van der Waals surface area contributed by atoms with Gasteiger partial charge in [0, 0.05) is 13.1 Å². The van der Waals surface area contributed by atoms with E-state index < -0.39 is 11.8 Å². The zero-order valence-electron chi connectivity index (χ0n) is 9.95. The second kappa shape index (κ2) is 6.52. The van der Waals surface area contributed by atoms with E-state index in [1.165, 1.54) is 0 Å². The van der Waals surface area contributed by atoms with Crippen LogP contribution in [-0.2, 0) is 16.1 Å². The van der Waals surface area contributed by atoms with E-state index in [1.807, 2.05) is 18.2 Å². The van der Waals surface area contributed by atoms with Gasteiger partial charge in [-0.15, -0.1) is 0 Å². The van der Waals surface area contributed by atoms with E-state index in [4.69, 9.17) is 4.74 Å². The van der Waals surface area contributed by atoms with Gasteiger partial charge in [-0.3, -0.25) is 9.59 Å². The first kappa shape index (κ1) is 13.0. The number of rotatable bonds is 4. The minimum atomic E-state index is -0.630. The van der Waals surface area contributed by atoms with Crippen molar-refractivity contribution in [1.29, 1.82) is 0 Å². The van der Waals surface area contributed by atoms with Crippen molar-refractivity contribution < 1.29 is 14.3 Å². The normalized spacial score (nSPS) is 9.53. The van der Waals surface area contributed by atoms with E-state index in [0.29, 0.717) is 13.1 Å².